The third kappa shape index (κ3) is 5.31. The molecule has 3 aromatic carbocycles. The van der Waals surface area contributed by atoms with Crippen molar-refractivity contribution in [1.82, 2.24) is 10.2 Å². The van der Waals surface area contributed by atoms with Gasteiger partial charge in [-0.15, -0.1) is 0 Å². The minimum atomic E-state index is -0.0537. The van der Waals surface area contributed by atoms with Crippen molar-refractivity contribution in [2.75, 3.05) is 26.3 Å². The van der Waals surface area contributed by atoms with Crippen LogP contribution in [0.5, 0.6) is 0 Å². The largest absolute Gasteiger partial charge is 0.379 e. The molecular formula is C25H26N2O2. The van der Waals surface area contributed by atoms with Gasteiger partial charge in [-0.1, -0.05) is 66.7 Å². The molecular weight excluding hydrogens is 360 g/mol. The fraction of sp³-hybridized carbons (Fsp3) is 0.240. The van der Waals surface area contributed by atoms with Crippen LogP contribution in [0.1, 0.15) is 21.5 Å². The summed E-state index contributed by atoms with van der Waals surface area (Å²) in [6, 6.07) is 26.4. The second-order valence-electron chi connectivity index (χ2n) is 7.33. The van der Waals surface area contributed by atoms with Crippen molar-refractivity contribution in [3.63, 3.8) is 0 Å². The fourth-order valence-electron chi connectivity index (χ4n) is 3.51. The molecule has 0 saturated carbocycles. The first kappa shape index (κ1) is 19.4. The van der Waals surface area contributed by atoms with Crippen LogP contribution < -0.4 is 5.32 Å². The maximum absolute atomic E-state index is 12.5. The molecule has 0 unspecified atom stereocenters. The summed E-state index contributed by atoms with van der Waals surface area (Å²) < 4.78 is 5.39. The van der Waals surface area contributed by atoms with E-state index in [0.29, 0.717) is 12.1 Å². The summed E-state index contributed by atoms with van der Waals surface area (Å²) in [5, 5.41) is 3.01. The molecule has 1 saturated heterocycles. The second kappa shape index (κ2) is 9.50. The molecule has 29 heavy (non-hydrogen) atoms. The molecule has 3 aromatic rings. The number of hydrogen-bond acceptors (Lipinski definition) is 3. The number of morpholine rings is 1. The van der Waals surface area contributed by atoms with Gasteiger partial charge in [-0.25, -0.2) is 0 Å². The average Bonchev–Trinajstić information content (AvgIpc) is 2.80. The number of carbonyl (C=O) groups is 1. The van der Waals surface area contributed by atoms with E-state index in [0.717, 1.165) is 49.5 Å². The number of nitrogens with one attached hydrogen (secondary N) is 1. The van der Waals surface area contributed by atoms with Gasteiger partial charge in [0.15, 0.2) is 0 Å². The predicted molar refractivity (Wildman–Crippen MR) is 116 cm³/mol. The van der Waals surface area contributed by atoms with Crippen molar-refractivity contribution in [2.45, 2.75) is 13.1 Å². The molecule has 1 N–H and O–H groups in total. The molecule has 148 valence electrons. The highest BCUT2D eigenvalue weighted by Gasteiger charge is 2.11. The van der Waals surface area contributed by atoms with Crippen LogP contribution in [0, 0.1) is 0 Å². The molecule has 0 spiro atoms. The lowest BCUT2D eigenvalue weighted by Gasteiger charge is -2.26. The molecule has 1 aliphatic rings. The van der Waals surface area contributed by atoms with Gasteiger partial charge in [-0.05, 0) is 34.4 Å². The maximum Gasteiger partial charge on any atom is 0.251 e. The molecule has 1 aliphatic heterocycles. The molecule has 0 atom stereocenters. The standard InChI is InChI=1S/C25H26N2O2/c28-25(24-12-10-23(11-13-24)22-4-2-1-3-5-22)26-18-20-6-8-21(9-7-20)19-27-14-16-29-17-15-27/h1-13H,14-19H2,(H,26,28). The van der Waals surface area contributed by atoms with E-state index >= 15 is 0 Å². The van der Waals surface area contributed by atoms with Crippen molar-refractivity contribution in [3.05, 3.63) is 95.6 Å². The Morgan fingerprint density at radius 3 is 2.10 bits per heavy atom. The summed E-state index contributed by atoms with van der Waals surface area (Å²) in [6.07, 6.45) is 0. The van der Waals surface area contributed by atoms with Crippen molar-refractivity contribution in [3.8, 4) is 11.1 Å². The van der Waals surface area contributed by atoms with Crippen molar-refractivity contribution < 1.29 is 9.53 Å². The number of rotatable bonds is 6. The quantitative estimate of drug-likeness (QED) is 0.693. The number of carbonyl (C=O) groups excluding carboxylic acids is 1. The summed E-state index contributed by atoms with van der Waals surface area (Å²) in [5.74, 6) is -0.0537. The lowest BCUT2D eigenvalue weighted by molar-refractivity contribution is 0.0342. The molecule has 0 bridgehead atoms. The first-order chi connectivity index (χ1) is 14.3. The lowest BCUT2D eigenvalue weighted by Crippen LogP contribution is -2.35. The smallest absolute Gasteiger partial charge is 0.251 e. The van der Waals surface area contributed by atoms with E-state index in [-0.39, 0.29) is 5.91 Å². The van der Waals surface area contributed by atoms with Gasteiger partial charge in [0, 0.05) is 31.7 Å². The summed E-state index contributed by atoms with van der Waals surface area (Å²) >= 11 is 0. The third-order valence-electron chi connectivity index (χ3n) is 5.24. The number of amides is 1. The zero-order valence-corrected chi connectivity index (χ0v) is 16.5. The Bertz CT molecular complexity index is 915. The summed E-state index contributed by atoms with van der Waals surface area (Å²) in [5.41, 5.74) is 5.33. The lowest BCUT2D eigenvalue weighted by atomic mass is 10.0. The van der Waals surface area contributed by atoms with Gasteiger partial charge in [0.25, 0.3) is 5.91 Å². The van der Waals surface area contributed by atoms with Gasteiger partial charge in [0.05, 0.1) is 13.2 Å². The molecule has 4 nitrogen and oxygen atoms in total. The Morgan fingerprint density at radius 2 is 1.41 bits per heavy atom. The minimum absolute atomic E-state index is 0.0537. The first-order valence-corrected chi connectivity index (χ1v) is 10.1. The highest BCUT2D eigenvalue weighted by molar-refractivity contribution is 5.94. The van der Waals surface area contributed by atoms with Crippen LogP contribution in [0.2, 0.25) is 0 Å². The SMILES string of the molecule is O=C(NCc1ccc(CN2CCOCC2)cc1)c1ccc(-c2ccccc2)cc1. The summed E-state index contributed by atoms with van der Waals surface area (Å²) in [6.45, 7) is 5.08. The van der Waals surface area contributed by atoms with Gasteiger partial charge in [0.2, 0.25) is 0 Å². The zero-order valence-electron chi connectivity index (χ0n) is 16.5. The van der Waals surface area contributed by atoms with E-state index in [9.17, 15) is 4.79 Å². The minimum Gasteiger partial charge on any atom is -0.379 e. The Morgan fingerprint density at radius 1 is 0.793 bits per heavy atom. The van der Waals surface area contributed by atoms with Gasteiger partial charge in [-0.2, -0.15) is 0 Å². The van der Waals surface area contributed by atoms with E-state index in [1.54, 1.807) is 0 Å². The number of hydrogen-bond donors (Lipinski definition) is 1. The topological polar surface area (TPSA) is 41.6 Å². The summed E-state index contributed by atoms with van der Waals surface area (Å²) in [7, 11) is 0. The number of ether oxygens (including phenoxy) is 1. The van der Waals surface area contributed by atoms with Gasteiger partial charge in [-0.3, -0.25) is 9.69 Å². The Hall–Kier alpha value is -2.95. The van der Waals surface area contributed by atoms with E-state index in [1.807, 2.05) is 42.5 Å². The monoisotopic (exact) mass is 386 g/mol. The number of nitrogens with zero attached hydrogens (tertiary/aromatic N) is 1. The fourth-order valence-corrected chi connectivity index (χ4v) is 3.51. The van der Waals surface area contributed by atoms with Crippen LogP contribution in [0.4, 0.5) is 0 Å². The van der Waals surface area contributed by atoms with E-state index in [2.05, 4.69) is 46.6 Å². The molecule has 1 fully saturated rings. The van der Waals surface area contributed by atoms with E-state index < -0.39 is 0 Å². The zero-order chi connectivity index (χ0) is 19.9. The first-order valence-electron chi connectivity index (χ1n) is 10.1. The highest BCUT2D eigenvalue weighted by atomic mass is 16.5. The van der Waals surface area contributed by atoms with Crippen LogP contribution >= 0.6 is 0 Å². The van der Waals surface area contributed by atoms with E-state index in [1.165, 1.54) is 5.56 Å². The van der Waals surface area contributed by atoms with Crippen molar-refractivity contribution >= 4 is 5.91 Å². The van der Waals surface area contributed by atoms with Crippen molar-refractivity contribution in [2.24, 2.45) is 0 Å². The van der Waals surface area contributed by atoms with Crippen LogP contribution in [0.3, 0.4) is 0 Å². The molecule has 0 radical (unpaired) electrons. The molecule has 0 aliphatic carbocycles. The van der Waals surface area contributed by atoms with Gasteiger partial charge < -0.3 is 10.1 Å². The molecule has 4 heteroatoms. The Labute approximate surface area is 172 Å². The predicted octanol–water partition coefficient (Wildman–Crippen LogP) is 4.12. The number of benzene rings is 3. The molecule has 0 aromatic heterocycles. The highest BCUT2D eigenvalue weighted by Crippen LogP contribution is 2.19. The molecule has 1 amide bonds. The normalized spacial score (nSPS) is 14.5. The van der Waals surface area contributed by atoms with Gasteiger partial charge >= 0.3 is 0 Å². The second-order valence-corrected chi connectivity index (χ2v) is 7.33. The average molecular weight is 386 g/mol. The third-order valence-corrected chi connectivity index (χ3v) is 5.24. The summed E-state index contributed by atoms with van der Waals surface area (Å²) in [4.78, 5) is 14.9. The van der Waals surface area contributed by atoms with Gasteiger partial charge in [0.1, 0.15) is 0 Å². The van der Waals surface area contributed by atoms with Crippen LogP contribution in [-0.4, -0.2) is 37.1 Å². The Kier molecular flexibility index (Phi) is 6.35. The molecule has 1 heterocycles. The van der Waals surface area contributed by atoms with Crippen LogP contribution in [-0.2, 0) is 17.8 Å². The van der Waals surface area contributed by atoms with Crippen LogP contribution in [0.15, 0.2) is 78.9 Å². The van der Waals surface area contributed by atoms with Crippen LogP contribution in [0.25, 0.3) is 11.1 Å². The molecule has 4 rings (SSSR count). The van der Waals surface area contributed by atoms with Crippen molar-refractivity contribution in [1.29, 1.82) is 0 Å². The maximum atomic E-state index is 12.5. The Balaban J connectivity index is 1.30. The van der Waals surface area contributed by atoms with E-state index in [4.69, 9.17) is 4.74 Å².